The van der Waals surface area contributed by atoms with Gasteiger partial charge in [-0.2, -0.15) is 4.98 Å². The van der Waals surface area contributed by atoms with Gasteiger partial charge in [0.1, 0.15) is 5.75 Å². The van der Waals surface area contributed by atoms with E-state index in [1.54, 1.807) is 31.4 Å². The van der Waals surface area contributed by atoms with Crippen molar-refractivity contribution in [1.29, 1.82) is 0 Å². The Kier molecular flexibility index (Phi) is 5.83. The van der Waals surface area contributed by atoms with Crippen LogP contribution in [0.3, 0.4) is 0 Å². The lowest BCUT2D eigenvalue weighted by Gasteiger charge is -2.08. The number of methoxy groups -OCH3 is 2. The van der Waals surface area contributed by atoms with Crippen LogP contribution in [0.15, 0.2) is 40.9 Å². The quantitative estimate of drug-likeness (QED) is 0.558. The summed E-state index contributed by atoms with van der Waals surface area (Å²) in [5, 5.41) is 4.28. The Morgan fingerprint density at radius 3 is 2.33 bits per heavy atom. The van der Waals surface area contributed by atoms with E-state index in [4.69, 9.17) is 41.9 Å². The Labute approximate surface area is 164 Å². The molecule has 7 nitrogen and oxygen atoms in total. The molecule has 0 unspecified atom stereocenters. The third-order valence-corrected chi connectivity index (χ3v) is 4.14. The number of hydrogen-bond acceptors (Lipinski definition) is 7. The summed E-state index contributed by atoms with van der Waals surface area (Å²) in [6.45, 7) is -0.191. The van der Waals surface area contributed by atoms with E-state index in [1.165, 1.54) is 19.2 Å². The molecule has 3 aromatic rings. The zero-order valence-corrected chi connectivity index (χ0v) is 15.9. The summed E-state index contributed by atoms with van der Waals surface area (Å²) in [7, 11) is 3.01. The second kappa shape index (κ2) is 8.28. The molecule has 0 bridgehead atoms. The summed E-state index contributed by atoms with van der Waals surface area (Å²) in [6, 6.07) is 9.96. The van der Waals surface area contributed by atoms with E-state index >= 15 is 0 Å². The molecule has 0 aliphatic carbocycles. The minimum absolute atomic E-state index is 0.153. The first-order valence-electron chi connectivity index (χ1n) is 7.69. The van der Waals surface area contributed by atoms with E-state index in [9.17, 15) is 4.79 Å². The second-order valence-electron chi connectivity index (χ2n) is 5.29. The first-order chi connectivity index (χ1) is 13.0. The number of halogens is 2. The molecule has 0 aliphatic rings. The van der Waals surface area contributed by atoms with Gasteiger partial charge in [0.15, 0.2) is 12.4 Å². The number of carbonyl (C=O) groups excluding carboxylic acids is 1. The van der Waals surface area contributed by atoms with Crippen molar-refractivity contribution in [2.24, 2.45) is 0 Å². The van der Waals surface area contributed by atoms with Crippen molar-refractivity contribution >= 4 is 29.2 Å². The van der Waals surface area contributed by atoms with Crippen molar-refractivity contribution in [3.05, 3.63) is 57.9 Å². The van der Waals surface area contributed by atoms with Crippen LogP contribution in [0.25, 0.3) is 11.4 Å². The number of carbonyl (C=O) groups is 1. The molecule has 0 radical (unpaired) electrons. The largest absolute Gasteiger partial charge is 0.497 e. The van der Waals surface area contributed by atoms with E-state index in [1.807, 2.05) is 0 Å². The first kappa shape index (κ1) is 19.0. The molecular weight excluding hydrogens is 395 g/mol. The molecule has 27 heavy (non-hydrogen) atoms. The lowest BCUT2D eigenvalue weighted by atomic mass is 10.2. The zero-order chi connectivity index (χ0) is 19.4. The van der Waals surface area contributed by atoms with Crippen LogP contribution in [-0.2, 0) is 11.3 Å². The predicted molar refractivity (Wildman–Crippen MR) is 98.4 cm³/mol. The van der Waals surface area contributed by atoms with Crippen molar-refractivity contribution < 1.29 is 23.5 Å². The topological polar surface area (TPSA) is 83.7 Å². The van der Waals surface area contributed by atoms with E-state index < -0.39 is 5.97 Å². The number of hydrogen-bond donors (Lipinski definition) is 0. The number of esters is 1. The van der Waals surface area contributed by atoms with Crippen LogP contribution < -0.4 is 9.47 Å². The summed E-state index contributed by atoms with van der Waals surface area (Å²) in [5.74, 6) is 0.897. The summed E-state index contributed by atoms with van der Waals surface area (Å²) in [4.78, 5) is 16.4. The minimum Gasteiger partial charge on any atom is -0.497 e. The highest BCUT2D eigenvalue weighted by Crippen LogP contribution is 2.34. The van der Waals surface area contributed by atoms with E-state index in [2.05, 4.69) is 10.1 Å². The molecule has 3 rings (SSSR count). The van der Waals surface area contributed by atoms with Gasteiger partial charge >= 0.3 is 5.97 Å². The molecule has 2 aromatic carbocycles. The van der Waals surface area contributed by atoms with Gasteiger partial charge in [-0.25, -0.2) is 4.79 Å². The highest BCUT2D eigenvalue weighted by molar-refractivity contribution is 6.37. The molecule has 9 heteroatoms. The molecule has 0 aliphatic heterocycles. The molecule has 0 saturated heterocycles. The van der Waals surface area contributed by atoms with E-state index in [0.717, 1.165) is 5.56 Å². The minimum atomic E-state index is -0.634. The highest BCUT2D eigenvalue weighted by Gasteiger charge is 2.16. The molecule has 1 heterocycles. The van der Waals surface area contributed by atoms with Gasteiger partial charge in [0.05, 0.1) is 29.8 Å². The number of benzene rings is 2. The Balaban J connectivity index is 1.67. The molecule has 0 fully saturated rings. The maximum atomic E-state index is 12.2. The van der Waals surface area contributed by atoms with E-state index in [-0.39, 0.29) is 33.9 Å². The lowest BCUT2D eigenvalue weighted by Crippen LogP contribution is -2.06. The van der Waals surface area contributed by atoms with Gasteiger partial charge in [-0.15, -0.1) is 0 Å². The van der Waals surface area contributed by atoms with Crippen LogP contribution in [-0.4, -0.2) is 30.3 Å². The van der Waals surface area contributed by atoms with E-state index in [0.29, 0.717) is 11.6 Å². The molecule has 0 N–H and O–H groups in total. The molecule has 0 atom stereocenters. The molecule has 0 spiro atoms. The van der Waals surface area contributed by atoms with Crippen LogP contribution in [0.4, 0.5) is 0 Å². The highest BCUT2D eigenvalue weighted by atomic mass is 35.5. The molecule has 140 valence electrons. The maximum absolute atomic E-state index is 12.2. The predicted octanol–water partition coefficient (Wildman–Crippen LogP) is 4.42. The fourth-order valence-corrected chi connectivity index (χ4v) is 2.90. The smallest absolute Gasteiger partial charge is 0.338 e. The summed E-state index contributed by atoms with van der Waals surface area (Å²) in [6.07, 6.45) is 0. The normalized spacial score (nSPS) is 10.5. The van der Waals surface area contributed by atoms with Crippen LogP contribution in [0.2, 0.25) is 10.0 Å². The summed E-state index contributed by atoms with van der Waals surface area (Å²) < 4.78 is 20.4. The fraction of sp³-hybridized carbons (Fsp3) is 0.167. The Morgan fingerprint density at radius 2 is 1.74 bits per heavy atom. The van der Waals surface area contributed by atoms with Crippen LogP contribution in [0.5, 0.6) is 11.5 Å². The zero-order valence-electron chi connectivity index (χ0n) is 14.4. The number of aromatic nitrogens is 2. The number of nitrogens with zero attached hydrogens (tertiary/aromatic N) is 2. The Bertz CT molecular complexity index is 934. The van der Waals surface area contributed by atoms with Gasteiger partial charge in [-0.05, 0) is 36.4 Å². The van der Waals surface area contributed by atoms with Gasteiger partial charge in [0, 0.05) is 5.56 Å². The first-order valence-corrected chi connectivity index (χ1v) is 8.44. The standard InChI is InChI=1S/C18H14Cl2N2O5/c1-24-12-5-3-10(4-6-12)17-21-15(27-22-17)9-26-18(23)11-7-13(19)16(25-2)14(20)8-11/h3-8H,9H2,1-2H3. The second-order valence-corrected chi connectivity index (χ2v) is 6.10. The average Bonchev–Trinajstić information content (AvgIpc) is 3.15. The van der Waals surface area contributed by atoms with Crippen molar-refractivity contribution in [2.75, 3.05) is 14.2 Å². The van der Waals surface area contributed by atoms with Crippen molar-refractivity contribution in [1.82, 2.24) is 10.1 Å². The van der Waals surface area contributed by atoms with Crippen LogP contribution >= 0.6 is 23.2 Å². The molecule has 0 amide bonds. The third kappa shape index (κ3) is 4.32. The van der Waals surface area contributed by atoms with Crippen molar-refractivity contribution in [3.63, 3.8) is 0 Å². The SMILES string of the molecule is COc1ccc(-c2noc(COC(=O)c3cc(Cl)c(OC)c(Cl)c3)n2)cc1. The number of ether oxygens (including phenoxy) is 3. The maximum Gasteiger partial charge on any atom is 0.338 e. The fourth-order valence-electron chi connectivity index (χ4n) is 2.25. The Morgan fingerprint density at radius 1 is 1.07 bits per heavy atom. The van der Waals surface area contributed by atoms with Gasteiger partial charge in [0.25, 0.3) is 5.89 Å². The summed E-state index contributed by atoms with van der Waals surface area (Å²) in [5.41, 5.74) is 0.923. The monoisotopic (exact) mass is 408 g/mol. The van der Waals surface area contributed by atoms with Gasteiger partial charge in [-0.3, -0.25) is 0 Å². The van der Waals surface area contributed by atoms with Crippen LogP contribution in [0, 0.1) is 0 Å². The molecule has 1 aromatic heterocycles. The van der Waals surface area contributed by atoms with Crippen molar-refractivity contribution in [3.8, 4) is 22.9 Å². The van der Waals surface area contributed by atoms with Gasteiger partial charge < -0.3 is 18.7 Å². The van der Waals surface area contributed by atoms with Gasteiger partial charge in [0.2, 0.25) is 5.82 Å². The summed E-state index contributed by atoms with van der Waals surface area (Å²) >= 11 is 12.0. The van der Waals surface area contributed by atoms with Gasteiger partial charge in [-0.1, -0.05) is 28.4 Å². The molecular formula is C18H14Cl2N2O5. The lowest BCUT2D eigenvalue weighted by molar-refractivity contribution is 0.0430. The Hall–Kier alpha value is -2.77. The third-order valence-electron chi connectivity index (χ3n) is 3.58. The van der Waals surface area contributed by atoms with Crippen molar-refractivity contribution in [2.45, 2.75) is 6.61 Å². The number of rotatable bonds is 6. The average molecular weight is 409 g/mol. The van der Waals surface area contributed by atoms with Crippen LogP contribution in [0.1, 0.15) is 16.2 Å². The molecule has 0 saturated carbocycles.